The lowest BCUT2D eigenvalue weighted by molar-refractivity contribution is 0.515. The second-order valence-corrected chi connectivity index (χ2v) is 5.09. The van der Waals surface area contributed by atoms with E-state index in [2.05, 4.69) is 16.6 Å². The van der Waals surface area contributed by atoms with E-state index in [4.69, 9.17) is 5.73 Å². The van der Waals surface area contributed by atoms with Crippen LogP contribution < -0.4 is 10.5 Å². The van der Waals surface area contributed by atoms with Crippen LogP contribution in [0.25, 0.3) is 0 Å². The van der Waals surface area contributed by atoms with E-state index in [0.29, 0.717) is 0 Å². The summed E-state index contributed by atoms with van der Waals surface area (Å²) in [6, 6.07) is 1.51. The van der Waals surface area contributed by atoms with E-state index < -0.39 is 26.6 Å². The molecule has 0 aliphatic carbocycles. The minimum atomic E-state index is -4.24. The second kappa shape index (κ2) is 5.80. The molecular formula is C11H12F2N2O2S. The monoisotopic (exact) mass is 274 g/mol. The van der Waals surface area contributed by atoms with E-state index in [-0.39, 0.29) is 18.7 Å². The molecule has 0 fully saturated rings. The minimum absolute atomic E-state index is 0.0214. The van der Waals surface area contributed by atoms with Gasteiger partial charge in [-0.15, -0.1) is 11.8 Å². The molecule has 0 bridgehead atoms. The maximum atomic E-state index is 13.4. The lowest BCUT2D eigenvalue weighted by Crippen LogP contribution is -2.26. The zero-order valence-corrected chi connectivity index (χ0v) is 10.4. The summed E-state index contributed by atoms with van der Waals surface area (Å²) < 4.78 is 52.2. The van der Waals surface area contributed by atoms with Gasteiger partial charge in [-0.1, -0.05) is 0 Å². The van der Waals surface area contributed by atoms with Gasteiger partial charge in [0.2, 0.25) is 10.0 Å². The maximum absolute atomic E-state index is 13.4. The predicted octanol–water partition coefficient (Wildman–Crippen LogP) is 1.24. The molecule has 0 spiro atoms. The third-order valence-electron chi connectivity index (χ3n) is 2.01. The van der Waals surface area contributed by atoms with Gasteiger partial charge in [-0.25, -0.2) is 21.9 Å². The van der Waals surface area contributed by atoms with Crippen LogP contribution in [0.4, 0.5) is 14.5 Å². The Hall–Kier alpha value is -1.65. The molecule has 1 rings (SSSR count). The summed E-state index contributed by atoms with van der Waals surface area (Å²) in [7, 11) is -4.24. The first kappa shape index (κ1) is 14.4. The number of nitrogens with one attached hydrogen (secondary N) is 1. The Morgan fingerprint density at radius 1 is 1.33 bits per heavy atom. The zero-order chi connectivity index (χ0) is 13.8. The number of benzene rings is 1. The molecule has 0 amide bonds. The van der Waals surface area contributed by atoms with Crippen molar-refractivity contribution >= 4 is 15.7 Å². The largest absolute Gasteiger partial charge is 0.399 e. The summed E-state index contributed by atoms with van der Waals surface area (Å²) in [5, 5.41) is 0. The van der Waals surface area contributed by atoms with E-state index >= 15 is 0 Å². The molecule has 98 valence electrons. The number of rotatable bonds is 4. The van der Waals surface area contributed by atoms with Crippen LogP contribution in [0, 0.1) is 23.5 Å². The molecule has 1 aromatic rings. The molecule has 0 saturated carbocycles. The van der Waals surface area contributed by atoms with Gasteiger partial charge in [-0.3, -0.25) is 0 Å². The van der Waals surface area contributed by atoms with Gasteiger partial charge in [-0.2, -0.15) is 0 Å². The van der Waals surface area contributed by atoms with Gasteiger partial charge in [0.15, 0.2) is 4.90 Å². The number of nitrogen functional groups attached to an aromatic ring is 1. The molecule has 18 heavy (non-hydrogen) atoms. The highest BCUT2D eigenvalue weighted by Crippen LogP contribution is 2.21. The number of sulfonamides is 1. The van der Waals surface area contributed by atoms with Crippen molar-refractivity contribution in [2.45, 2.75) is 18.2 Å². The molecule has 3 N–H and O–H groups in total. The lowest BCUT2D eigenvalue weighted by Gasteiger charge is -2.08. The van der Waals surface area contributed by atoms with Gasteiger partial charge in [0.05, 0.1) is 0 Å². The molecule has 4 nitrogen and oxygen atoms in total. The van der Waals surface area contributed by atoms with Crippen molar-refractivity contribution in [1.29, 1.82) is 0 Å². The van der Waals surface area contributed by atoms with Crippen LogP contribution in [0.2, 0.25) is 0 Å². The van der Waals surface area contributed by atoms with Crippen LogP contribution in [-0.2, 0) is 10.0 Å². The van der Waals surface area contributed by atoms with Gasteiger partial charge < -0.3 is 5.73 Å². The predicted molar refractivity (Wildman–Crippen MR) is 64.0 cm³/mol. The summed E-state index contributed by atoms with van der Waals surface area (Å²) in [5.74, 6) is 2.76. The van der Waals surface area contributed by atoms with E-state index in [9.17, 15) is 17.2 Å². The Balaban J connectivity index is 3.01. The molecule has 0 aromatic heterocycles. The Morgan fingerprint density at radius 3 is 2.39 bits per heavy atom. The summed E-state index contributed by atoms with van der Waals surface area (Å²) in [5.41, 5.74) is 5.02. The molecule has 1 aromatic carbocycles. The number of anilines is 1. The van der Waals surface area contributed by atoms with E-state index in [0.717, 1.165) is 12.1 Å². The van der Waals surface area contributed by atoms with Crippen molar-refractivity contribution in [2.75, 3.05) is 12.3 Å². The SMILES string of the molecule is CC#CCCNS(=O)(=O)c1c(F)cc(N)cc1F. The highest BCUT2D eigenvalue weighted by atomic mass is 32.2. The van der Waals surface area contributed by atoms with Crippen LogP contribution >= 0.6 is 0 Å². The fraction of sp³-hybridized carbons (Fsp3) is 0.273. The summed E-state index contributed by atoms with van der Waals surface area (Å²) in [4.78, 5) is -1.03. The van der Waals surface area contributed by atoms with E-state index in [1.165, 1.54) is 0 Å². The average molecular weight is 274 g/mol. The van der Waals surface area contributed by atoms with Gasteiger partial charge >= 0.3 is 0 Å². The molecule has 7 heteroatoms. The number of hydrogen-bond donors (Lipinski definition) is 2. The molecule has 0 radical (unpaired) electrons. The number of hydrogen-bond acceptors (Lipinski definition) is 3. The van der Waals surface area contributed by atoms with Crippen LogP contribution in [-0.4, -0.2) is 15.0 Å². The van der Waals surface area contributed by atoms with E-state index in [1.807, 2.05) is 0 Å². The van der Waals surface area contributed by atoms with Crippen molar-refractivity contribution in [3.8, 4) is 11.8 Å². The maximum Gasteiger partial charge on any atom is 0.246 e. The Labute approximate surface area is 104 Å². The normalized spacial score (nSPS) is 10.8. The van der Waals surface area contributed by atoms with E-state index in [1.54, 1.807) is 6.92 Å². The summed E-state index contributed by atoms with van der Waals surface area (Å²) in [6.45, 7) is 1.58. The van der Waals surface area contributed by atoms with Crippen molar-refractivity contribution < 1.29 is 17.2 Å². The summed E-state index contributed by atoms with van der Waals surface area (Å²) >= 11 is 0. The first-order valence-electron chi connectivity index (χ1n) is 5.02. The highest BCUT2D eigenvalue weighted by Gasteiger charge is 2.23. The lowest BCUT2D eigenvalue weighted by atomic mass is 10.3. The van der Waals surface area contributed by atoms with Crippen LogP contribution in [0.5, 0.6) is 0 Å². The number of halogens is 2. The molecular weight excluding hydrogens is 262 g/mol. The fourth-order valence-electron chi connectivity index (χ4n) is 1.28. The van der Waals surface area contributed by atoms with Crippen molar-refractivity contribution in [3.05, 3.63) is 23.8 Å². The van der Waals surface area contributed by atoms with Gasteiger partial charge in [0.1, 0.15) is 11.6 Å². The summed E-state index contributed by atoms with van der Waals surface area (Å²) in [6.07, 6.45) is 0.258. The highest BCUT2D eigenvalue weighted by molar-refractivity contribution is 7.89. The quantitative estimate of drug-likeness (QED) is 0.493. The third kappa shape index (κ3) is 3.42. The van der Waals surface area contributed by atoms with Gasteiger partial charge in [0.25, 0.3) is 0 Å². The average Bonchev–Trinajstić information content (AvgIpc) is 2.22. The van der Waals surface area contributed by atoms with Gasteiger partial charge in [-0.05, 0) is 19.1 Å². The number of nitrogens with two attached hydrogens (primary N) is 1. The van der Waals surface area contributed by atoms with Crippen LogP contribution in [0.3, 0.4) is 0 Å². The zero-order valence-electron chi connectivity index (χ0n) is 9.63. The molecule has 0 heterocycles. The fourth-order valence-corrected chi connectivity index (χ4v) is 2.43. The third-order valence-corrected chi connectivity index (χ3v) is 3.52. The molecule has 0 saturated heterocycles. The Morgan fingerprint density at radius 2 is 1.89 bits per heavy atom. The standard InChI is InChI=1S/C11H12F2N2O2S/c1-2-3-4-5-15-18(16,17)11-9(12)6-8(14)7-10(11)13/h6-7,15H,4-5,14H2,1H3. The Bertz CT molecular complexity index is 580. The second-order valence-electron chi connectivity index (χ2n) is 3.39. The van der Waals surface area contributed by atoms with Crippen molar-refractivity contribution in [3.63, 3.8) is 0 Å². The van der Waals surface area contributed by atoms with Gasteiger partial charge in [0, 0.05) is 18.7 Å². The van der Waals surface area contributed by atoms with Crippen molar-refractivity contribution in [1.82, 2.24) is 4.72 Å². The molecule has 0 aliphatic rings. The topological polar surface area (TPSA) is 72.2 Å². The molecule has 0 unspecified atom stereocenters. The van der Waals surface area contributed by atoms with Crippen molar-refractivity contribution in [2.24, 2.45) is 0 Å². The molecule has 0 aliphatic heterocycles. The van der Waals surface area contributed by atoms with Crippen LogP contribution in [0.1, 0.15) is 13.3 Å². The molecule has 0 atom stereocenters. The smallest absolute Gasteiger partial charge is 0.246 e. The first-order valence-corrected chi connectivity index (χ1v) is 6.50. The van der Waals surface area contributed by atoms with Crippen LogP contribution in [0.15, 0.2) is 17.0 Å². The first-order chi connectivity index (χ1) is 8.38. The minimum Gasteiger partial charge on any atom is -0.399 e. The Kier molecular flexibility index (Phi) is 4.64.